The zero-order valence-electron chi connectivity index (χ0n) is 12.4. The van der Waals surface area contributed by atoms with Gasteiger partial charge in [-0.2, -0.15) is 0 Å². The van der Waals surface area contributed by atoms with E-state index < -0.39 is 5.41 Å². The highest BCUT2D eigenvalue weighted by Crippen LogP contribution is 2.51. The second-order valence-corrected chi connectivity index (χ2v) is 7.38. The van der Waals surface area contributed by atoms with Crippen molar-refractivity contribution < 1.29 is 9.53 Å². The fourth-order valence-electron chi connectivity index (χ4n) is 3.00. The number of hydrogen-bond donors (Lipinski definition) is 1. The van der Waals surface area contributed by atoms with Crippen LogP contribution in [0.4, 0.5) is 5.13 Å². The second kappa shape index (κ2) is 5.85. The summed E-state index contributed by atoms with van der Waals surface area (Å²) in [6.45, 7) is 0.765. The third-order valence-corrected chi connectivity index (χ3v) is 5.70. The number of carbonyl (C=O) groups is 1. The van der Waals surface area contributed by atoms with E-state index in [1.165, 1.54) is 11.3 Å². The lowest BCUT2D eigenvalue weighted by atomic mass is 9.95. The van der Waals surface area contributed by atoms with E-state index in [0.29, 0.717) is 10.2 Å². The van der Waals surface area contributed by atoms with E-state index in [4.69, 9.17) is 16.3 Å². The predicted molar refractivity (Wildman–Crippen MR) is 88.8 cm³/mol. The van der Waals surface area contributed by atoms with Crippen molar-refractivity contribution in [3.63, 3.8) is 0 Å². The average Bonchev–Trinajstić information content (AvgIpc) is 2.97. The van der Waals surface area contributed by atoms with Gasteiger partial charge in [0.25, 0.3) is 0 Å². The van der Waals surface area contributed by atoms with E-state index in [1.54, 1.807) is 0 Å². The minimum atomic E-state index is -0.520. The number of nitrogens with zero attached hydrogens (tertiary/aromatic N) is 2. The average molecular weight is 350 g/mol. The van der Waals surface area contributed by atoms with Gasteiger partial charge in [-0.05, 0) is 37.3 Å². The number of aromatic nitrogens is 2. The molecule has 2 aliphatic rings. The lowest BCUT2D eigenvalue weighted by Gasteiger charge is -2.15. The fourth-order valence-corrected chi connectivity index (χ4v) is 4.14. The Balaban J connectivity index is 1.51. The molecule has 1 unspecified atom stereocenters. The quantitative estimate of drug-likeness (QED) is 0.913. The van der Waals surface area contributed by atoms with Crippen molar-refractivity contribution >= 4 is 34.0 Å². The molecule has 7 heteroatoms. The van der Waals surface area contributed by atoms with Crippen LogP contribution in [0.2, 0.25) is 5.02 Å². The Morgan fingerprint density at radius 2 is 2.17 bits per heavy atom. The van der Waals surface area contributed by atoms with Crippen LogP contribution in [0, 0.1) is 0 Å². The van der Waals surface area contributed by atoms with Gasteiger partial charge in [-0.15, -0.1) is 10.2 Å². The summed E-state index contributed by atoms with van der Waals surface area (Å²) in [6.07, 6.45) is 3.64. The molecule has 2 heterocycles. The maximum atomic E-state index is 12.7. The molecule has 1 saturated heterocycles. The number of amides is 1. The van der Waals surface area contributed by atoms with Crippen molar-refractivity contribution in [2.75, 3.05) is 11.9 Å². The summed E-state index contributed by atoms with van der Waals surface area (Å²) in [4.78, 5) is 12.7. The number of nitrogens with one attached hydrogen (secondary N) is 1. The Bertz CT molecular complexity index is 738. The molecule has 0 radical (unpaired) electrons. The van der Waals surface area contributed by atoms with Crippen LogP contribution in [0.3, 0.4) is 0 Å². The lowest BCUT2D eigenvalue weighted by Crippen LogP contribution is -2.28. The molecule has 23 heavy (non-hydrogen) atoms. The number of halogens is 1. The minimum absolute atomic E-state index is 0.0246. The number of anilines is 1. The van der Waals surface area contributed by atoms with Crippen LogP contribution >= 0.6 is 22.9 Å². The van der Waals surface area contributed by atoms with E-state index >= 15 is 0 Å². The van der Waals surface area contributed by atoms with Gasteiger partial charge in [0.05, 0.1) is 5.41 Å². The topological polar surface area (TPSA) is 64.1 Å². The second-order valence-electron chi connectivity index (χ2n) is 5.96. The lowest BCUT2D eigenvalue weighted by molar-refractivity contribution is -0.118. The third-order valence-electron chi connectivity index (χ3n) is 4.44. The number of rotatable bonds is 4. The van der Waals surface area contributed by atoms with Crippen LogP contribution in [-0.2, 0) is 14.9 Å². The minimum Gasteiger partial charge on any atom is -0.371 e. The molecule has 5 nitrogen and oxygen atoms in total. The molecular formula is C16H16ClN3O2S. The Morgan fingerprint density at radius 1 is 1.35 bits per heavy atom. The molecule has 2 fully saturated rings. The number of hydrogen-bond acceptors (Lipinski definition) is 5. The maximum absolute atomic E-state index is 12.7. The highest BCUT2D eigenvalue weighted by molar-refractivity contribution is 7.15. The van der Waals surface area contributed by atoms with Crippen molar-refractivity contribution in [2.24, 2.45) is 0 Å². The molecule has 1 aromatic carbocycles. The van der Waals surface area contributed by atoms with E-state index in [0.717, 1.165) is 42.9 Å². The van der Waals surface area contributed by atoms with Gasteiger partial charge in [0.1, 0.15) is 11.1 Å². The summed E-state index contributed by atoms with van der Waals surface area (Å²) < 4.78 is 5.60. The van der Waals surface area contributed by atoms with Gasteiger partial charge in [0.2, 0.25) is 11.0 Å². The molecule has 4 rings (SSSR count). The maximum Gasteiger partial charge on any atom is 0.236 e. The largest absolute Gasteiger partial charge is 0.371 e. The number of carbonyl (C=O) groups excluding carboxylic acids is 1. The van der Waals surface area contributed by atoms with Crippen molar-refractivity contribution in [1.29, 1.82) is 0 Å². The molecule has 1 saturated carbocycles. The van der Waals surface area contributed by atoms with Crippen LogP contribution in [0.1, 0.15) is 42.4 Å². The molecule has 1 aliphatic heterocycles. The van der Waals surface area contributed by atoms with Gasteiger partial charge >= 0.3 is 0 Å². The van der Waals surface area contributed by atoms with Crippen LogP contribution < -0.4 is 5.32 Å². The first-order valence-corrected chi connectivity index (χ1v) is 8.90. The van der Waals surface area contributed by atoms with Crippen molar-refractivity contribution in [2.45, 2.75) is 37.2 Å². The highest BCUT2D eigenvalue weighted by atomic mass is 35.5. The SMILES string of the molecule is O=C(Nc1nnc(C2CCCO2)s1)C1(c2ccccc2Cl)CC1. The predicted octanol–water partition coefficient (Wildman–Crippen LogP) is 3.71. The first-order chi connectivity index (χ1) is 11.2. The molecule has 0 bridgehead atoms. The summed E-state index contributed by atoms with van der Waals surface area (Å²) in [7, 11) is 0. The molecule has 2 aromatic rings. The van der Waals surface area contributed by atoms with Crippen molar-refractivity contribution in [3.8, 4) is 0 Å². The van der Waals surface area contributed by atoms with E-state index in [2.05, 4.69) is 15.5 Å². The van der Waals surface area contributed by atoms with Gasteiger partial charge in [-0.1, -0.05) is 41.1 Å². The van der Waals surface area contributed by atoms with Crippen LogP contribution in [0.15, 0.2) is 24.3 Å². The summed E-state index contributed by atoms with van der Waals surface area (Å²) in [5, 5.41) is 13.1. The van der Waals surface area contributed by atoms with Gasteiger partial charge in [-0.25, -0.2) is 0 Å². The monoisotopic (exact) mass is 349 g/mol. The first kappa shape index (κ1) is 15.1. The molecule has 1 aliphatic carbocycles. The Morgan fingerprint density at radius 3 is 2.87 bits per heavy atom. The van der Waals surface area contributed by atoms with Crippen molar-refractivity contribution in [1.82, 2.24) is 10.2 Å². The Kier molecular flexibility index (Phi) is 3.83. The molecule has 0 spiro atoms. The summed E-state index contributed by atoms with van der Waals surface area (Å²) in [5.41, 5.74) is 0.372. The summed E-state index contributed by atoms with van der Waals surface area (Å²) in [6, 6.07) is 7.53. The molecule has 1 aromatic heterocycles. The van der Waals surface area contributed by atoms with Crippen LogP contribution in [-0.4, -0.2) is 22.7 Å². The number of benzene rings is 1. The molecule has 1 atom stereocenters. The zero-order chi connectivity index (χ0) is 15.9. The standard InChI is InChI=1S/C16H16ClN3O2S/c17-11-5-2-1-4-10(11)16(7-8-16)14(21)18-15-20-19-13(23-15)12-6-3-9-22-12/h1-2,4-5,12H,3,6-9H2,(H,18,20,21). The normalized spacial score (nSPS) is 22.0. The summed E-state index contributed by atoms with van der Waals surface area (Å²) in [5.74, 6) is -0.0550. The van der Waals surface area contributed by atoms with Crippen molar-refractivity contribution in [3.05, 3.63) is 39.9 Å². The first-order valence-electron chi connectivity index (χ1n) is 7.70. The Hall–Kier alpha value is -1.50. The number of ether oxygens (including phenoxy) is 1. The smallest absolute Gasteiger partial charge is 0.236 e. The van der Waals surface area contributed by atoms with Gasteiger partial charge in [-0.3, -0.25) is 10.1 Å². The molecular weight excluding hydrogens is 334 g/mol. The zero-order valence-corrected chi connectivity index (χ0v) is 14.0. The molecule has 1 amide bonds. The van der Waals surface area contributed by atoms with Gasteiger partial charge < -0.3 is 4.74 Å². The Labute approximate surface area is 143 Å². The van der Waals surface area contributed by atoms with Gasteiger partial charge in [0.15, 0.2) is 0 Å². The van der Waals surface area contributed by atoms with Crippen LogP contribution in [0.5, 0.6) is 0 Å². The van der Waals surface area contributed by atoms with E-state index in [1.807, 2.05) is 24.3 Å². The highest BCUT2D eigenvalue weighted by Gasteiger charge is 2.52. The van der Waals surface area contributed by atoms with Gasteiger partial charge in [0, 0.05) is 11.6 Å². The molecule has 1 N–H and O–H groups in total. The van der Waals surface area contributed by atoms with E-state index in [-0.39, 0.29) is 12.0 Å². The third kappa shape index (κ3) is 2.75. The fraction of sp³-hybridized carbons (Fsp3) is 0.438. The van der Waals surface area contributed by atoms with E-state index in [9.17, 15) is 4.79 Å². The van der Waals surface area contributed by atoms with Crippen LogP contribution in [0.25, 0.3) is 0 Å². The summed E-state index contributed by atoms with van der Waals surface area (Å²) >= 11 is 7.65. The molecule has 120 valence electrons.